The van der Waals surface area contributed by atoms with E-state index in [0.717, 1.165) is 34.3 Å². The van der Waals surface area contributed by atoms with Crippen LogP contribution in [-0.4, -0.2) is 20.2 Å². The van der Waals surface area contributed by atoms with Crippen molar-refractivity contribution in [3.63, 3.8) is 0 Å². The molecule has 0 aliphatic rings. The first-order valence-electron chi connectivity index (χ1n) is 6.05. The van der Waals surface area contributed by atoms with Crippen molar-refractivity contribution in [1.29, 1.82) is 0 Å². The molecule has 2 aromatic heterocycles. The quantitative estimate of drug-likeness (QED) is 0.871. The molecule has 0 saturated heterocycles. The number of hydrogen-bond acceptors (Lipinski definition) is 4. The highest BCUT2D eigenvalue weighted by Gasteiger charge is 2.08. The summed E-state index contributed by atoms with van der Waals surface area (Å²) >= 11 is 0. The number of rotatable bonds is 3. The molecule has 0 saturated carbocycles. The van der Waals surface area contributed by atoms with Crippen LogP contribution in [0.4, 0.5) is 5.82 Å². The van der Waals surface area contributed by atoms with Crippen molar-refractivity contribution in [3.8, 4) is 0 Å². The van der Waals surface area contributed by atoms with Gasteiger partial charge in [0.05, 0.1) is 12.2 Å². The molecule has 0 aliphatic heterocycles. The number of nitrogens with one attached hydrogen (secondary N) is 2. The van der Waals surface area contributed by atoms with Gasteiger partial charge < -0.3 is 5.32 Å². The molecule has 0 amide bonds. The normalized spacial score (nSPS) is 10.7. The van der Waals surface area contributed by atoms with Gasteiger partial charge in [-0.1, -0.05) is 0 Å². The largest absolute Gasteiger partial charge is 0.364 e. The first-order valence-corrected chi connectivity index (χ1v) is 6.05. The maximum absolute atomic E-state index is 4.42. The molecule has 0 fully saturated rings. The molecule has 0 radical (unpaired) electrons. The molecule has 2 N–H and O–H groups in total. The van der Waals surface area contributed by atoms with Crippen LogP contribution >= 0.6 is 0 Å². The van der Waals surface area contributed by atoms with Crippen LogP contribution in [0.1, 0.15) is 34.0 Å². The number of aromatic amines is 1. The fraction of sp³-hybridized carbons (Fsp3) is 0.462. The average molecular weight is 245 g/mol. The SMILES string of the molecule is Cc1nc(C)c(C)c(NCc2n[nH]c(C)c2C)n1. The van der Waals surface area contributed by atoms with Gasteiger partial charge in [-0.2, -0.15) is 5.10 Å². The summed E-state index contributed by atoms with van der Waals surface area (Å²) in [6.07, 6.45) is 0. The Bertz CT molecular complexity index is 571. The second-order valence-corrected chi connectivity index (χ2v) is 4.60. The molecule has 0 spiro atoms. The van der Waals surface area contributed by atoms with Crippen LogP contribution in [-0.2, 0) is 6.54 Å². The molecular weight excluding hydrogens is 226 g/mol. The molecular formula is C13H19N5. The van der Waals surface area contributed by atoms with Crippen molar-refractivity contribution < 1.29 is 0 Å². The minimum Gasteiger partial charge on any atom is -0.364 e. The van der Waals surface area contributed by atoms with Gasteiger partial charge in [-0.15, -0.1) is 0 Å². The van der Waals surface area contributed by atoms with Gasteiger partial charge in [0.15, 0.2) is 0 Å². The van der Waals surface area contributed by atoms with Gasteiger partial charge in [-0.25, -0.2) is 9.97 Å². The molecule has 0 atom stereocenters. The highest BCUT2D eigenvalue weighted by Crippen LogP contribution is 2.16. The van der Waals surface area contributed by atoms with Crippen molar-refractivity contribution in [2.75, 3.05) is 5.32 Å². The van der Waals surface area contributed by atoms with E-state index in [1.54, 1.807) is 0 Å². The van der Waals surface area contributed by atoms with E-state index in [0.29, 0.717) is 6.54 Å². The molecule has 2 heterocycles. The number of H-pyrrole nitrogens is 1. The van der Waals surface area contributed by atoms with E-state index in [-0.39, 0.29) is 0 Å². The Morgan fingerprint density at radius 1 is 1.00 bits per heavy atom. The Balaban J connectivity index is 2.18. The van der Waals surface area contributed by atoms with Crippen LogP contribution in [0.3, 0.4) is 0 Å². The zero-order chi connectivity index (χ0) is 13.3. The van der Waals surface area contributed by atoms with E-state index < -0.39 is 0 Å². The molecule has 5 heteroatoms. The van der Waals surface area contributed by atoms with E-state index in [4.69, 9.17) is 0 Å². The molecule has 96 valence electrons. The van der Waals surface area contributed by atoms with Gasteiger partial charge in [0.1, 0.15) is 11.6 Å². The summed E-state index contributed by atoms with van der Waals surface area (Å²) in [6.45, 7) is 10.7. The number of nitrogens with zero attached hydrogens (tertiary/aromatic N) is 3. The monoisotopic (exact) mass is 245 g/mol. The van der Waals surface area contributed by atoms with Crippen LogP contribution in [0.5, 0.6) is 0 Å². The van der Waals surface area contributed by atoms with Crippen LogP contribution < -0.4 is 5.32 Å². The summed E-state index contributed by atoms with van der Waals surface area (Å²) in [4.78, 5) is 8.76. The van der Waals surface area contributed by atoms with E-state index in [9.17, 15) is 0 Å². The number of hydrogen-bond donors (Lipinski definition) is 2. The zero-order valence-corrected chi connectivity index (χ0v) is 11.5. The van der Waals surface area contributed by atoms with Crippen molar-refractivity contribution in [2.45, 2.75) is 41.2 Å². The molecule has 5 nitrogen and oxygen atoms in total. The van der Waals surface area contributed by atoms with E-state index >= 15 is 0 Å². The smallest absolute Gasteiger partial charge is 0.133 e. The minimum atomic E-state index is 0.674. The topological polar surface area (TPSA) is 66.5 Å². The summed E-state index contributed by atoms with van der Waals surface area (Å²) in [5, 5.41) is 10.6. The maximum Gasteiger partial charge on any atom is 0.133 e. The van der Waals surface area contributed by atoms with Crippen molar-refractivity contribution >= 4 is 5.82 Å². The first-order chi connectivity index (χ1) is 8.49. The summed E-state index contributed by atoms with van der Waals surface area (Å²) in [7, 11) is 0. The maximum atomic E-state index is 4.42. The highest BCUT2D eigenvalue weighted by atomic mass is 15.1. The standard InChI is InChI=1S/C13H19N5/c1-7-10(4)17-18-12(7)6-14-13-8(2)9(3)15-11(5)16-13/h6H2,1-5H3,(H,17,18)(H,14,15,16). The van der Waals surface area contributed by atoms with Gasteiger partial charge in [-0.05, 0) is 40.2 Å². The molecule has 0 unspecified atom stereocenters. The highest BCUT2D eigenvalue weighted by molar-refractivity contribution is 5.46. The number of aryl methyl sites for hydroxylation is 3. The van der Waals surface area contributed by atoms with Gasteiger partial charge in [0.25, 0.3) is 0 Å². The van der Waals surface area contributed by atoms with Crippen LogP contribution in [0.15, 0.2) is 0 Å². The Morgan fingerprint density at radius 3 is 2.33 bits per heavy atom. The Hall–Kier alpha value is -1.91. The molecule has 0 bridgehead atoms. The van der Waals surface area contributed by atoms with Crippen molar-refractivity contribution in [2.24, 2.45) is 0 Å². The van der Waals surface area contributed by atoms with E-state index in [2.05, 4.69) is 32.4 Å². The van der Waals surface area contributed by atoms with Crippen molar-refractivity contribution in [1.82, 2.24) is 20.2 Å². The van der Waals surface area contributed by atoms with Gasteiger partial charge in [-0.3, -0.25) is 5.10 Å². The van der Waals surface area contributed by atoms with E-state index in [1.807, 2.05) is 27.7 Å². The second kappa shape index (κ2) is 4.76. The van der Waals surface area contributed by atoms with Crippen molar-refractivity contribution in [3.05, 3.63) is 34.0 Å². The summed E-state index contributed by atoms with van der Waals surface area (Å²) < 4.78 is 0. The van der Waals surface area contributed by atoms with Crippen LogP contribution in [0.25, 0.3) is 0 Å². The zero-order valence-electron chi connectivity index (χ0n) is 11.5. The Labute approximate surface area is 107 Å². The Kier molecular flexibility index (Phi) is 3.32. The predicted octanol–water partition coefficient (Wildman–Crippen LogP) is 2.35. The fourth-order valence-electron chi connectivity index (χ4n) is 1.82. The van der Waals surface area contributed by atoms with Crippen LogP contribution in [0.2, 0.25) is 0 Å². The third-order valence-corrected chi connectivity index (χ3v) is 3.28. The van der Waals surface area contributed by atoms with Crippen LogP contribution in [0, 0.1) is 34.6 Å². The predicted molar refractivity (Wildman–Crippen MR) is 71.6 cm³/mol. The molecule has 2 rings (SSSR count). The lowest BCUT2D eigenvalue weighted by Crippen LogP contribution is -2.08. The minimum absolute atomic E-state index is 0.674. The van der Waals surface area contributed by atoms with E-state index in [1.165, 1.54) is 5.56 Å². The molecule has 0 aliphatic carbocycles. The number of anilines is 1. The lowest BCUT2D eigenvalue weighted by atomic mass is 10.2. The fourth-order valence-corrected chi connectivity index (χ4v) is 1.82. The van der Waals surface area contributed by atoms with Gasteiger partial charge in [0.2, 0.25) is 0 Å². The second-order valence-electron chi connectivity index (χ2n) is 4.60. The summed E-state index contributed by atoms with van der Waals surface area (Å²) in [5.41, 5.74) is 5.44. The van der Waals surface area contributed by atoms with Gasteiger partial charge >= 0.3 is 0 Å². The van der Waals surface area contributed by atoms with Gasteiger partial charge in [0, 0.05) is 17.0 Å². The summed E-state index contributed by atoms with van der Waals surface area (Å²) in [5.74, 6) is 1.68. The summed E-state index contributed by atoms with van der Waals surface area (Å²) in [6, 6.07) is 0. The average Bonchev–Trinajstić information content (AvgIpc) is 2.63. The lowest BCUT2D eigenvalue weighted by molar-refractivity contribution is 0.935. The molecule has 18 heavy (non-hydrogen) atoms. The lowest BCUT2D eigenvalue weighted by Gasteiger charge is -2.10. The molecule has 2 aromatic rings. The number of aromatic nitrogens is 4. The third-order valence-electron chi connectivity index (χ3n) is 3.28. The Morgan fingerprint density at radius 2 is 1.72 bits per heavy atom. The molecule has 0 aromatic carbocycles. The first kappa shape index (κ1) is 12.5. The third kappa shape index (κ3) is 2.34.